The Morgan fingerprint density at radius 2 is 1.75 bits per heavy atom. The molecule has 126 valence electrons. The third kappa shape index (κ3) is 4.38. The number of benzene rings is 2. The molecule has 0 aliphatic rings. The van der Waals surface area contributed by atoms with E-state index >= 15 is 0 Å². The number of methoxy groups -OCH3 is 1. The van der Waals surface area contributed by atoms with Gasteiger partial charge in [-0.2, -0.15) is 0 Å². The van der Waals surface area contributed by atoms with Crippen molar-refractivity contribution in [2.24, 2.45) is 0 Å². The molecule has 4 nitrogen and oxygen atoms in total. The summed E-state index contributed by atoms with van der Waals surface area (Å²) in [6.45, 7) is 6.08. The standard InChI is InChI=1S/C19H20BrNO3/c1-12-9-13(2)18(14(3)10-12)21-11-17(19(22)23-4)24-16-8-6-5-7-15(16)20/h5-11,21H,1-4H3/b17-11+. The van der Waals surface area contributed by atoms with Crippen molar-refractivity contribution >= 4 is 27.6 Å². The first-order valence-electron chi connectivity index (χ1n) is 7.47. The van der Waals surface area contributed by atoms with E-state index in [1.165, 1.54) is 18.9 Å². The molecule has 0 saturated heterocycles. The van der Waals surface area contributed by atoms with Gasteiger partial charge in [-0.25, -0.2) is 4.79 Å². The van der Waals surface area contributed by atoms with Crippen molar-refractivity contribution in [1.29, 1.82) is 0 Å². The van der Waals surface area contributed by atoms with Crippen LogP contribution in [0.5, 0.6) is 5.75 Å². The van der Waals surface area contributed by atoms with E-state index in [1.54, 1.807) is 6.07 Å². The molecule has 0 amide bonds. The van der Waals surface area contributed by atoms with Crippen LogP contribution in [0.2, 0.25) is 0 Å². The lowest BCUT2D eigenvalue weighted by Gasteiger charge is -2.13. The molecule has 0 heterocycles. The lowest BCUT2D eigenvalue weighted by Crippen LogP contribution is -2.13. The van der Waals surface area contributed by atoms with Crippen LogP contribution in [-0.2, 0) is 9.53 Å². The first-order valence-corrected chi connectivity index (χ1v) is 8.27. The van der Waals surface area contributed by atoms with Crippen LogP contribution in [0.3, 0.4) is 0 Å². The number of carbonyl (C=O) groups excluding carboxylic acids is 1. The monoisotopic (exact) mass is 389 g/mol. The maximum atomic E-state index is 12.0. The third-order valence-corrected chi connectivity index (χ3v) is 4.12. The number of hydrogen-bond donors (Lipinski definition) is 1. The van der Waals surface area contributed by atoms with E-state index in [0.29, 0.717) is 5.75 Å². The zero-order valence-corrected chi connectivity index (χ0v) is 15.7. The van der Waals surface area contributed by atoms with Gasteiger partial charge in [0.05, 0.1) is 17.8 Å². The molecule has 0 aromatic heterocycles. The lowest BCUT2D eigenvalue weighted by atomic mass is 10.1. The van der Waals surface area contributed by atoms with Crippen LogP contribution < -0.4 is 10.1 Å². The summed E-state index contributed by atoms with van der Waals surface area (Å²) in [6, 6.07) is 11.5. The van der Waals surface area contributed by atoms with Crippen LogP contribution in [0.1, 0.15) is 16.7 Å². The molecule has 0 aliphatic heterocycles. The van der Waals surface area contributed by atoms with Crippen LogP contribution in [0.15, 0.2) is 52.8 Å². The van der Waals surface area contributed by atoms with Gasteiger partial charge in [-0.15, -0.1) is 0 Å². The molecule has 0 saturated carbocycles. The summed E-state index contributed by atoms with van der Waals surface area (Å²) >= 11 is 3.40. The molecule has 0 unspecified atom stereocenters. The molecule has 2 rings (SSSR count). The molecule has 0 fully saturated rings. The second-order valence-electron chi connectivity index (χ2n) is 5.45. The average Bonchev–Trinajstić information content (AvgIpc) is 2.53. The number of rotatable bonds is 5. The fraction of sp³-hybridized carbons (Fsp3) is 0.211. The Labute approximate surface area is 150 Å². The number of hydrogen-bond acceptors (Lipinski definition) is 4. The third-order valence-electron chi connectivity index (χ3n) is 3.47. The van der Waals surface area contributed by atoms with Crippen LogP contribution in [0.4, 0.5) is 5.69 Å². The average molecular weight is 390 g/mol. The van der Waals surface area contributed by atoms with Crippen LogP contribution in [-0.4, -0.2) is 13.1 Å². The number of esters is 1. The summed E-state index contributed by atoms with van der Waals surface area (Å²) < 4.78 is 11.3. The molecule has 0 aliphatic carbocycles. The molecule has 2 aromatic rings. The van der Waals surface area contributed by atoms with Gasteiger partial charge in [0, 0.05) is 5.69 Å². The molecule has 0 bridgehead atoms. The van der Waals surface area contributed by atoms with Gasteiger partial charge in [-0.1, -0.05) is 29.8 Å². The smallest absolute Gasteiger partial charge is 0.375 e. The highest BCUT2D eigenvalue weighted by Crippen LogP contribution is 2.27. The summed E-state index contributed by atoms with van der Waals surface area (Å²) in [5.41, 5.74) is 4.32. The maximum absolute atomic E-state index is 12.0. The summed E-state index contributed by atoms with van der Waals surface area (Å²) in [4.78, 5) is 12.0. The highest BCUT2D eigenvalue weighted by Gasteiger charge is 2.14. The largest absolute Gasteiger partial charge is 0.463 e. The maximum Gasteiger partial charge on any atom is 0.375 e. The summed E-state index contributed by atoms with van der Waals surface area (Å²) in [5, 5.41) is 3.16. The minimum absolute atomic E-state index is 0.0729. The molecule has 0 radical (unpaired) electrons. The Kier molecular flexibility index (Phi) is 6.04. The topological polar surface area (TPSA) is 47.6 Å². The number of halogens is 1. The number of carbonyl (C=O) groups is 1. The number of para-hydroxylation sites is 1. The lowest BCUT2D eigenvalue weighted by molar-refractivity contribution is -0.138. The Hall–Kier alpha value is -2.27. The van der Waals surface area contributed by atoms with Crippen LogP contribution in [0.25, 0.3) is 0 Å². The summed E-state index contributed by atoms with van der Waals surface area (Å²) in [6.07, 6.45) is 1.52. The first kappa shape index (κ1) is 18.1. The summed E-state index contributed by atoms with van der Waals surface area (Å²) in [7, 11) is 1.32. The molecule has 2 aromatic carbocycles. The van der Waals surface area contributed by atoms with Crippen molar-refractivity contribution in [1.82, 2.24) is 0 Å². The first-order chi connectivity index (χ1) is 11.4. The van der Waals surface area contributed by atoms with Crippen molar-refractivity contribution < 1.29 is 14.3 Å². The van der Waals surface area contributed by atoms with E-state index in [0.717, 1.165) is 21.3 Å². The molecule has 0 atom stereocenters. The second-order valence-corrected chi connectivity index (χ2v) is 6.31. The van der Waals surface area contributed by atoms with Gasteiger partial charge in [-0.05, 0) is 60.0 Å². The van der Waals surface area contributed by atoms with E-state index in [9.17, 15) is 4.79 Å². The van der Waals surface area contributed by atoms with Crippen LogP contribution in [0, 0.1) is 20.8 Å². The molecule has 24 heavy (non-hydrogen) atoms. The minimum atomic E-state index is -0.555. The van der Waals surface area contributed by atoms with Gasteiger partial charge in [0.2, 0.25) is 5.76 Å². The predicted octanol–water partition coefficient (Wildman–Crippen LogP) is 4.88. The van der Waals surface area contributed by atoms with Gasteiger partial charge < -0.3 is 14.8 Å². The number of ether oxygens (including phenoxy) is 2. The fourth-order valence-corrected chi connectivity index (χ4v) is 2.79. The summed E-state index contributed by atoms with van der Waals surface area (Å²) in [5.74, 6) is 0.0535. The van der Waals surface area contributed by atoms with Gasteiger partial charge in [0.15, 0.2) is 0 Å². The van der Waals surface area contributed by atoms with Crippen molar-refractivity contribution in [2.45, 2.75) is 20.8 Å². The zero-order chi connectivity index (χ0) is 17.7. The normalized spacial score (nSPS) is 11.1. The number of nitrogens with one attached hydrogen (secondary N) is 1. The molecular weight excluding hydrogens is 370 g/mol. The van der Waals surface area contributed by atoms with Gasteiger partial charge in [-0.3, -0.25) is 0 Å². The van der Waals surface area contributed by atoms with Crippen molar-refractivity contribution in [3.8, 4) is 5.75 Å². The predicted molar refractivity (Wildman–Crippen MR) is 99.1 cm³/mol. The molecule has 5 heteroatoms. The quantitative estimate of drug-likeness (QED) is 0.449. The van der Waals surface area contributed by atoms with E-state index < -0.39 is 5.97 Å². The molecule has 0 spiro atoms. The van der Waals surface area contributed by atoms with Gasteiger partial charge in [0.1, 0.15) is 5.75 Å². The Bertz CT molecular complexity index is 761. The van der Waals surface area contributed by atoms with Gasteiger partial charge >= 0.3 is 5.97 Å². The number of aryl methyl sites for hydroxylation is 3. The van der Waals surface area contributed by atoms with Crippen LogP contribution >= 0.6 is 15.9 Å². The van der Waals surface area contributed by atoms with Crippen molar-refractivity contribution in [3.63, 3.8) is 0 Å². The minimum Gasteiger partial charge on any atom is -0.463 e. The zero-order valence-electron chi connectivity index (χ0n) is 14.1. The van der Waals surface area contributed by atoms with E-state index in [-0.39, 0.29) is 5.76 Å². The van der Waals surface area contributed by atoms with E-state index in [2.05, 4.69) is 40.3 Å². The highest BCUT2D eigenvalue weighted by atomic mass is 79.9. The second kappa shape index (κ2) is 8.02. The fourth-order valence-electron chi connectivity index (χ4n) is 2.42. The highest BCUT2D eigenvalue weighted by molar-refractivity contribution is 9.10. The van der Waals surface area contributed by atoms with Crippen molar-refractivity contribution in [2.75, 3.05) is 12.4 Å². The Morgan fingerprint density at radius 3 is 2.33 bits per heavy atom. The SMILES string of the molecule is COC(=O)/C(=C\Nc1c(C)cc(C)cc1C)Oc1ccccc1Br. The Morgan fingerprint density at radius 1 is 1.12 bits per heavy atom. The van der Waals surface area contributed by atoms with Crippen molar-refractivity contribution in [3.05, 3.63) is 69.5 Å². The van der Waals surface area contributed by atoms with E-state index in [1.807, 2.05) is 32.0 Å². The van der Waals surface area contributed by atoms with Gasteiger partial charge in [0.25, 0.3) is 0 Å². The Balaban J connectivity index is 2.30. The molecule has 1 N–H and O–H groups in total. The van der Waals surface area contributed by atoms with E-state index in [4.69, 9.17) is 9.47 Å². The molecular formula is C19H20BrNO3. The number of anilines is 1.